The summed E-state index contributed by atoms with van der Waals surface area (Å²) in [6.07, 6.45) is 3.84. The van der Waals surface area contributed by atoms with Crippen LogP contribution in [0.15, 0.2) is 67.0 Å². The van der Waals surface area contributed by atoms with Gasteiger partial charge in [-0.25, -0.2) is 0 Å². The predicted octanol–water partition coefficient (Wildman–Crippen LogP) is 3.84. The molecule has 1 aliphatic rings. The first-order chi connectivity index (χ1) is 13.6. The van der Waals surface area contributed by atoms with Crippen molar-refractivity contribution in [2.75, 3.05) is 11.9 Å². The highest BCUT2D eigenvalue weighted by atomic mass is 16.2. The van der Waals surface area contributed by atoms with Crippen molar-refractivity contribution in [2.45, 2.75) is 19.9 Å². The van der Waals surface area contributed by atoms with Crippen LogP contribution in [-0.2, 0) is 13.0 Å². The van der Waals surface area contributed by atoms with Crippen LogP contribution in [0.3, 0.4) is 0 Å². The predicted molar refractivity (Wildman–Crippen MR) is 108 cm³/mol. The number of carbonyl (C=O) groups excluding carboxylic acids is 2. The number of benzene rings is 2. The molecule has 0 saturated carbocycles. The lowest BCUT2D eigenvalue weighted by Crippen LogP contribution is -2.36. The van der Waals surface area contributed by atoms with Crippen molar-refractivity contribution in [1.29, 1.82) is 0 Å². The Morgan fingerprint density at radius 2 is 1.75 bits per heavy atom. The van der Waals surface area contributed by atoms with Crippen LogP contribution < -0.4 is 5.32 Å². The highest BCUT2D eigenvalue weighted by Gasteiger charge is 2.22. The number of fused-ring (bicyclic) bond motifs is 1. The summed E-state index contributed by atoms with van der Waals surface area (Å²) in [4.78, 5) is 31.4. The molecule has 3 aromatic rings. The fraction of sp³-hybridized carbons (Fsp3) is 0.174. The minimum atomic E-state index is -0.281. The quantitative estimate of drug-likeness (QED) is 0.761. The van der Waals surface area contributed by atoms with Crippen LogP contribution in [0.4, 0.5) is 5.69 Å². The van der Waals surface area contributed by atoms with Crippen LogP contribution in [0.2, 0.25) is 0 Å². The van der Waals surface area contributed by atoms with Crippen molar-refractivity contribution in [1.82, 2.24) is 9.88 Å². The van der Waals surface area contributed by atoms with Gasteiger partial charge in [-0.05, 0) is 48.2 Å². The number of carbonyl (C=O) groups is 2. The minimum absolute atomic E-state index is 0.104. The van der Waals surface area contributed by atoms with Crippen LogP contribution in [0.5, 0.6) is 0 Å². The summed E-state index contributed by atoms with van der Waals surface area (Å²) in [7, 11) is 0. The molecule has 4 rings (SSSR count). The van der Waals surface area contributed by atoms with Crippen molar-refractivity contribution in [3.8, 4) is 0 Å². The zero-order chi connectivity index (χ0) is 19.5. The Morgan fingerprint density at radius 3 is 2.57 bits per heavy atom. The first-order valence-corrected chi connectivity index (χ1v) is 9.29. The first-order valence-electron chi connectivity index (χ1n) is 9.29. The van der Waals surface area contributed by atoms with Crippen LogP contribution in [0, 0.1) is 6.92 Å². The normalized spacial score (nSPS) is 13.0. The number of hydrogen-bond donors (Lipinski definition) is 1. The monoisotopic (exact) mass is 371 g/mol. The van der Waals surface area contributed by atoms with Gasteiger partial charge in [0.15, 0.2) is 0 Å². The second kappa shape index (κ2) is 7.64. The van der Waals surface area contributed by atoms with E-state index in [9.17, 15) is 9.59 Å². The number of nitrogens with zero attached hydrogens (tertiary/aromatic N) is 2. The summed E-state index contributed by atoms with van der Waals surface area (Å²) in [6.45, 7) is 3.21. The smallest absolute Gasteiger partial charge is 0.257 e. The molecular weight excluding hydrogens is 350 g/mol. The Bertz CT molecular complexity index is 1050. The second-order valence-electron chi connectivity index (χ2n) is 7.03. The molecule has 2 heterocycles. The zero-order valence-corrected chi connectivity index (χ0v) is 15.7. The van der Waals surface area contributed by atoms with Gasteiger partial charge >= 0.3 is 0 Å². The van der Waals surface area contributed by atoms with Crippen molar-refractivity contribution < 1.29 is 9.59 Å². The van der Waals surface area contributed by atoms with Gasteiger partial charge in [-0.2, -0.15) is 0 Å². The van der Waals surface area contributed by atoms with Crippen LogP contribution in [-0.4, -0.2) is 28.2 Å². The van der Waals surface area contributed by atoms with Crippen molar-refractivity contribution in [3.63, 3.8) is 0 Å². The lowest BCUT2D eigenvalue weighted by molar-refractivity contribution is 0.0734. The third kappa shape index (κ3) is 3.78. The van der Waals surface area contributed by atoms with Gasteiger partial charge in [0.05, 0.1) is 11.1 Å². The van der Waals surface area contributed by atoms with Crippen molar-refractivity contribution in [2.24, 2.45) is 0 Å². The Morgan fingerprint density at radius 1 is 0.964 bits per heavy atom. The number of pyridine rings is 1. The first kappa shape index (κ1) is 17.9. The number of rotatable bonds is 3. The van der Waals surface area contributed by atoms with Gasteiger partial charge in [0.25, 0.3) is 11.8 Å². The lowest BCUT2D eigenvalue weighted by atomic mass is 9.99. The van der Waals surface area contributed by atoms with Gasteiger partial charge in [-0.15, -0.1) is 0 Å². The molecule has 0 saturated heterocycles. The Balaban J connectivity index is 1.50. The molecule has 140 valence electrons. The Hall–Kier alpha value is -3.47. The maximum absolute atomic E-state index is 12.9. The number of anilines is 1. The van der Waals surface area contributed by atoms with Crippen LogP contribution in [0.25, 0.3) is 0 Å². The molecule has 1 aliphatic heterocycles. The molecule has 0 atom stereocenters. The van der Waals surface area contributed by atoms with Crippen molar-refractivity contribution in [3.05, 3.63) is 94.8 Å². The number of aromatic nitrogens is 1. The topological polar surface area (TPSA) is 62.3 Å². The Labute approximate surface area is 164 Å². The fourth-order valence-electron chi connectivity index (χ4n) is 3.46. The number of nitrogens with one attached hydrogen (secondary N) is 1. The number of hydrogen-bond acceptors (Lipinski definition) is 3. The summed E-state index contributed by atoms with van der Waals surface area (Å²) in [5.41, 5.74) is 5.03. The van der Waals surface area contributed by atoms with E-state index in [0.29, 0.717) is 24.2 Å². The third-order valence-corrected chi connectivity index (χ3v) is 4.94. The summed E-state index contributed by atoms with van der Waals surface area (Å²) in [5, 5.41) is 2.85. The highest BCUT2D eigenvalue weighted by molar-refractivity contribution is 6.05. The van der Waals surface area contributed by atoms with Gasteiger partial charge in [0.2, 0.25) is 0 Å². The van der Waals surface area contributed by atoms with E-state index in [2.05, 4.69) is 22.4 Å². The standard InChI is InChI=1S/C23H21N3O2/c1-16-5-4-8-21(11-16)25-22(27)19-12-20(14-24-13-19)23(28)26-10-9-17-6-2-3-7-18(17)15-26/h2-8,11-14H,9-10,15H2,1H3,(H,25,27). The molecule has 1 N–H and O–H groups in total. The minimum Gasteiger partial charge on any atom is -0.334 e. The van der Waals surface area contributed by atoms with Gasteiger partial charge < -0.3 is 10.2 Å². The summed E-state index contributed by atoms with van der Waals surface area (Å²) in [6, 6.07) is 17.4. The van der Waals surface area contributed by atoms with E-state index in [1.807, 2.05) is 48.2 Å². The van der Waals surface area contributed by atoms with Crippen LogP contribution >= 0.6 is 0 Å². The molecule has 0 fully saturated rings. The molecule has 0 spiro atoms. The van der Waals surface area contributed by atoms with E-state index < -0.39 is 0 Å². The third-order valence-electron chi connectivity index (χ3n) is 4.94. The van der Waals surface area contributed by atoms with E-state index in [1.54, 1.807) is 6.07 Å². The van der Waals surface area contributed by atoms with Crippen molar-refractivity contribution >= 4 is 17.5 Å². The molecule has 1 aromatic heterocycles. The molecule has 0 unspecified atom stereocenters. The molecular formula is C23H21N3O2. The zero-order valence-electron chi connectivity index (χ0n) is 15.7. The van der Waals surface area contributed by atoms with E-state index in [-0.39, 0.29) is 11.8 Å². The second-order valence-corrected chi connectivity index (χ2v) is 7.03. The fourth-order valence-corrected chi connectivity index (χ4v) is 3.46. The van der Waals surface area contributed by atoms with E-state index >= 15 is 0 Å². The molecule has 2 amide bonds. The molecule has 5 nitrogen and oxygen atoms in total. The van der Waals surface area contributed by atoms with E-state index in [0.717, 1.165) is 17.7 Å². The average molecular weight is 371 g/mol. The van der Waals surface area contributed by atoms with Gasteiger partial charge in [0, 0.05) is 31.2 Å². The number of amides is 2. The molecule has 0 radical (unpaired) electrons. The average Bonchev–Trinajstić information content (AvgIpc) is 2.73. The summed E-state index contributed by atoms with van der Waals surface area (Å²) < 4.78 is 0. The van der Waals surface area contributed by atoms with Crippen LogP contribution in [0.1, 0.15) is 37.4 Å². The Kier molecular flexibility index (Phi) is 4.89. The largest absolute Gasteiger partial charge is 0.334 e. The lowest BCUT2D eigenvalue weighted by Gasteiger charge is -2.28. The molecule has 0 aliphatic carbocycles. The SMILES string of the molecule is Cc1cccc(NC(=O)c2cncc(C(=O)N3CCc4ccccc4C3)c2)c1. The summed E-state index contributed by atoms with van der Waals surface area (Å²) in [5.74, 6) is -0.385. The van der Waals surface area contributed by atoms with Gasteiger partial charge in [0.1, 0.15) is 0 Å². The van der Waals surface area contributed by atoms with Gasteiger partial charge in [-0.3, -0.25) is 14.6 Å². The number of aryl methyl sites for hydroxylation is 1. The molecule has 28 heavy (non-hydrogen) atoms. The highest BCUT2D eigenvalue weighted by Crippen LogP contribution is 2.20. The molecule has 0 bridgehead atoms. The summed E-state index contributed by atoms with van der Waals surface area (Å²) >= 11 is 0. The van der Waals surface area contributed by atoms with E-state index in [1.165, 1.54) is 23.5 Å². The maximum Gasteiger partial charge on any atom is 0.257 e. The molecule has 5 heteroatoms. The maximum atomic E-state index is 12.9. The van der Waals surface area contributed by atoms with E-state index in [4.69, 9.17) is 0 Å². The molecule has 2 aromatic carbocycles. The van der Waals surface area contributed by atoms with Gasteiger partial charge in [-0.1, -0.05) is 36.4 Å².